The van der Waals surface area contributed by atoms with Crippen molar-refractivity contribution < 1.29 is 0 Å². The second-order valence-electron chi connectivity index (χ2n) is 10.8. The lowest BCUT2D eigenvalue weighted by Crippen LogP contribution is -2.14. The zero-order valence-corrected chi connectivity index (χ0v) is 23.1. The number of nitrogens with zero attached hydrogens (tertiary/aromatic N) is 7. The van der Waals surface area contributed by atoms with Crippen LogP contribution in [0, 0.1) is 11.3 Å². The number of anilines is 2. The van der Waals surface area contributed by atoms with Crippen LogP contribution in [0.2, 0.25) is 0 Å². The highest BCUT2D eigenvalue weighted by Gasteiger charge is 2.29. The molecule has 0 saturated heterocycles. The number of aromatic nitrogens is 4. The smallest absolute Gasteiger partial charge is 0.196 e. The Morgan fingerprint density at radius 2 is 1.41 bits per heavy atom. The quantitative estimate of drug-likeness (QED) is 0.226. The van der Waals surface area contributed by atoms with E-state index < -0.39 is 0 Å². The molecule has 0 fully saturated rings. The van der Waals surface area contributed by atoms with Crippen molar-refractivity contribution in [2.75, 3.05) is 10.8 Å². The van der Waals surface area contributed by atoms with Crippen LogP contribution < -0.4 is 10.8 Å². The number of benzene rings is 2. The third kappa shape index (κ3) is 5.11. The van der Waals surface area contributed by atoms with Gasteiger partial charge in [0.05, 0.1) is 22.8 Å². The molecule has 0 spiro atoms. The fourth-order valence-corrected chi connectivity index (χ4v) is 4.09. The molecule has 0 radical (unpaired) electrons. The molecule has 37 heavy (non-hydrogen) atoms. The van der Waals surface area contributed by atoms with Gasteiger partial charge in [-0.1, -0.05) is 59.7 Å². The van der Waals surface area contributed by atoms with E-state index in [1.807, 2.05) is 96.1 Å². The van der Waals surface area contributed by atoms with Crippen LogP contribution in [0.4, 0.5) is 23.0 Å². The zero-order valence-electron chi connectivity index (χ0n) is 22.0. The van der Waals surface area contributed by atoms with Gasteiger partial charge in [-0.2, -0.15) is 15.5 Å². The van der Waals surface area contributed by atoms with Crippen molar-refractivity contribution in [2.45, 2.75) is 52.4 Å². The summed E-state index contributed by atoms with van der Waals surface area (Å²) in [4.78, 5) is 0. The molecule has 1 atom stereocenters. The summed E-state index contributed by atoms with van der Waals surface area (Å²) >= 11 is 0. The van der Waals surface area contributed by atoms with E-state index in [9.17, 15) is 5.26 Å². The van der Waals surface area contributed by atoms with Gasteiger partial charge in [0.2, 0.25) is 0 Å². The molecule has 2 heterocycles. The lowest BCUT2D eigenvalue weighted by atomic mass is 9.90. The number of nitrogen functional groups attached to an aromatic ring is 1. The second-order valence-corrected chi connectivity index (χ2v) is 11.1. The van der Waals surface area contributed by atoms with Crippen LogP contribution in [0.5, 0.6) is 0 Å². The minimum Gasteiger partial charge on any atom is -0.382 e. The highest BCUT2D eigenvalue weighted by atomic mass is 31.0. The molecule has 10 heteroatoms. The number of hydrogen-bond donors (Lipinski definition) is 2. The highest BCUT2D eigenvalue weighted by molar-refractivity contribution is 7.18. The molecule has 0 aliphatic rings. The number of nitrogens with two attached hydrogens (primary N) is 1. The number of azo groups is 1. The average Bonchev–Trinajstić information content (AvgIpc) is 3.41. The van der Waals surface area contributed by atoms with Crippen LogP contribution in [0.15, 0.2) is 64.8 Å². The molecule has 190 valence electrons. The van der Waals surface area contributed by atoms with Crippen LogP contribution in [0.25, 0.3) is 11.4 Å². The lowest BCUT2D eigenvalue weighted by molar-refractivity contribution is 0.559. The molecule has 0 saturated carbocycles. The van der Waals surface area contributed by atoms with Crippen molar-refractivity contribution in [1.29, 1.82) is 5.26 Å². The minimum atomic E-state index is -0.379. The van der Waals surface area contributed by atoms with Crippen LogP contribution in [0.3, 0.4) is 0 Å². The predicted molar refractivity (Wildman–Crippen MR) is 151 cm³/mol. The second kappa shape index (κ2) is 9.79. The van der Waals surface area contributed by atoms with E-state index in [1.54, 1.807) is 9.36 Å². The maximum Gasteiger partial charge on any atom is 0.196 e. The summed E-state index contributed by atoms with van der Waals surface area (Å²) in [7, 11) is 2.47. The van der Waals surface area contributed by atoms with Gasteiger partial charge in [-0.3, -0.25) is 0 Å². The first-order valence-corrected chi connectivity index (χ1v) is 12.5. The third-order valence-corrected chi connectivity index (χ3v) is 6.15. The summed E-state index contributed by atoms with van der Waals surface area (Å²) in [5, 5.41) is 32.0. The average molecular weight is 514 g/mol. The van der Waals surface area contributed by atoms with E-state index >= 15 is 0 Å². The van der Waals surface area contributed by atoms with Crippen molar-refractivity contribution in [3.8, 4) is 17.4 Å². The minimum absolute atomic E-state index is 0.339. The van der Waals surface area contributed by atoms with Gasteiger partial charge in [-0.15, -0.1) is 10.2 Å². The van der Waals surface area contributed by atoms with Crippen LogP contribution in [-0.2, 0) is 10.8 Å². The van der Waals surface area contributed by atoms with Gasteiger partial charge in [0.25, 0.3) is 0 Å². The van der Waals surface area contributed by atoms with E-state index in [0.717, 1.165) is 17.1 Å². The molecule has 3 N–H and O–H groups in total. The first kappa shape index (κ1) is 26.1. The number of nitriles is 1. The summed E-state index contributed by atoms with van der Waals surface area (Å²) in [6.45, 7) is 12.2. The molecule has 0 amide bonds. The molecule has 1 unspecified atom stereocenters. The summed E-state index contributed by atoms with van der Waals surface area (Å²) in [5.41, 5.74) is 10.5. The van der Waals surface area contributed by atoms with Gasteiger partial charge < -0.3 is 10.8 Å². The normalized spacial score (nSPS) is 12.2. The molecular formula is C27H32N9P. The predicted octanol–water partition coefficient (Wildman–Crippen LogP) is 6.72. The Kier molecular flexibility index (Phi) is 6.90. The molecule has 2 aromatic carbocycles. The fourth-order valence-electron chi connectivity index (χ4n) is 3.90. The first-order chi connectivity index (χ1) is 17.5. The SMILES string of the molecule is CC(C)(C)c1nn(-c2ccc(NP)cc2)c(N=Nc2c(C(C)(C)C)nn(-c3ccccc3)c2N)c1C#N. The molecule has 0 bridgehead atoms. The van der Waals surface area contributed by atoms with Crippen LogP contribution in [-0.4, -0.2) is 19.6 Å². The van der Waals surface area contributed by atoms with Gasteiger partial charge in [0.15, 0.2) is 17.3 Å². The Hall–Kier alpha value is -4.02. The van der Waals surface area contributed by atoms with E-state index in [1.165, 1.54) is 0 Å². The molecule has 0 aliphatic heterocycles. The molecular weight excluding hydrogens is 481 g/mol. The van der Waals surface area contributed by atoms with Crippen molar-refractivity contribution in [3.63, 3.8) is 0 Å². The molecule has 2 aromatic heterocycles. The van der Waals surface area contributed by atoms with Gasteiger partial charge in [-0.05, 0) is 45.8 Å². The van der Waals surface area contributed by atoms with Crippen molar-refractivity contribution in [1.82, 2.24) is 19.6 Å². The van der Waals surface area contributed by atoms with Crippen molar-refractivity contribution >= 4 is 32.4 Å². The number of rotatable bonds is 5. The zero-order chi connectivity index (χ0) is 27.0. The number of nitrogens with one attached hydrogen (secondary N) is 1. The standard InChI is InChI=1S/C27H32N9P/c1-26(2,3)22-20(16-28)25(36(32-22)19-14-12-17(34-37)13-15-19)31-30-21-23(27(4,5)6)33-35(24(21)29)18-10-8-7-9-11-18/h7-15,34H,29,37H2,1-6H3. The maximum absolute atomic E-state index is 10.1. The Labute approximate surface area is 219 Å². The van der Waals surface area contributed by atoms with Gasteiger partial charge >= 0.3 is 0 Å². The topological polar surface area (TPSA) is 122 Å². The Morgan fingerprint density at radius 3 is 1.95 bits per heavy atom. The summed E-state index contributed by atoms with van der Waals surface area (Å²) < 4.78 is 3.33. The van der Waals surface area contributed by atoms with Crippen molar-refractivity contribution in [2.24, 2.45) is 10.2 Å². The van der Waals surface area contributed by atoms with Crippen molar-refractivity contribution in [3.05, 3.63) is 71.5 Å². The maximum atomic E-state index is 10.1. The highest BCUT2D eigenvalue weighted by Crippen LogP contribution is 2.39. The van der Waals surface area contributed by atoms with Gasteiger partial charge in [0, 0.05) is 16.5 Å². The van der Waals surface area contributed by atoms with Gasteiger partial charge in [-0.25, -0.2) is 9.36 Å². The van der Waals surface area contributed by atoms with E-state index in [-0.39, 0.29) is 10.8 Å². The van der Waals surface area contributed by atoms with Gasteiger partial charge in [0.1, 0.15) is 11.6 Å². The number of hydrogen-bond acceptors (Lipinski definition) is 7. The molecule has 4 aromatic rings. The Morgan fingerprint density at radius 1 is 0.838 bits per heavy atom. The van der Waals surface area contributed by atoms with Crippen LogP contribution in [0.1, 0.15) is 58.5 Å². The lowest BCUT2D eigenvalue weighted by Gasteiger charge is -2.15. The fraction of sp³-hybridized carbons (Fsp3) is 0.296. The Bertz CT molecular complexity index is 1480. The van der Waals surface area contributed by atoms with Crippen LogP contribution >= 0.6 is 9.39 Å². The summed E-state index contributed by atoms with van der Waals surface area (Å²) in [5.74, 6) is 0.710. The summed E-state index contributed by atoms with van der Waals surface area (Å²) in [6.07, 6.45) is 0. The molecule has 0 aliphatic carbocycles. The third-order valence-electron chi connectivity index (χ3n) is 5.81. The molecule has 9 nitrogen and oxygen atoms in total. The Balaban J connectivity index is 1.92. The number of para-hydroxylation sites is 1. The van der Waals surface area contributed by atoms with E-state index in [4.69, 9.17) is 15.9 Å². The summed E-state index contributed by atoms with van der Waals surface area (Å²) in [6, 6.07) is 19.6. The van der Waals surface area contributed by atoms with E-state index in [0.29, 0.717) is 34.3 Å². The monoisotopic (exact) mass is 513 g/mol. The molecule has 4 rings (SSSR count). The first-order valence-electron chi connectivity index (χ1n) is 11.9. The van der Waals surface area contributed by atoms with E-state index in [2.05, 4.69) is 30.8 Å². The largest absolute Gasteiger partial charge is 0.382 e.